The van der Waals surface area contributed by atoms with Gasteiger partial charge < -0.3 is 9.15 Å². The van der Waals surface area contributed by atoms with Gasteiger partial charge in [0.05, 0.1) is 11.9 Å². The second-order valence-electron chi connectivity index (χ2n) is 4.79. The zero-order chi connectivity index (χ0) is 13.2. The highest BCUT2D eigenvalue weighted by molar-refractivity contribution is 8.00. The van der Waals surface area contributed by atoms with E-state index in [1.54, 1.807) is 11.8 Å². The first kappa shape index (κ1) is 12.8. The zero-order valence-corrected chi connectivity index (χ0v) is 11.6. The van der Waals surface area contributed by atoms with E-state index in [2.05, 4.69) is 6.92 Å². The molecule has 0 saturated carbocycles. The molecule has 3 nitrogen and oxygen atoms in total. The van der Waals surface area contributed by atoms with E-state index < -0.39 is 0 Å². The number of thioether (sulfide) groups is 1. The molecule has 3 rings (SSSR count). The number of ether oxygens (including phenoxy) is 1. The highest BCUT2D eigenvalue weighted by Crippen LogP contribution is 2.27. The number of benzene rings is 1. The maximum absolute atomic E-state index is 12.1. The first-order valence-corrected chi connectivity index (χ1v) is 7.54. The summed E-state index contributed by atoms with van der Waals surface area (Å²) >= 11 is 1.67. The Morgan fingerprint density at radius 2 is 2.26 bits per heavy atom. The van der Waals surface area contributed by atoms with Crippen LogP contribution in [-0.4, -0.2) is 29.5 Å². The Balaban J connectivity index is 1.66. The normalized spacial score (nSPS) is 23.0. The molecule has 19 heavy (non-hydrogen) atoms. The molecule has 1 aromatic heterocycles. The van der Waals surface area contributed by atoms with E-state index in [0.29, 0.717) is 16.8 Å². The topological polar surface area (TPSA) is 39.4 Å². The van der Waals surface area contributed by atoms with Gasteiger partial charge in [0.1, 0.15) is 5.58 Å². The molecular weight excluding hydrogens is 260 g/mol. The lowest BCUT2D eigenvalue weighted by atomic mass is 10.2. The van der Waals surface area contributed by atoms with Gasteiger partial charge in [-0.3, -0.25) is 4.79 Å². The van der Waals surface area contributed by atoms with Crippen LogP contribution in [0.15, 0.2) is 34.7 Å². The van der Waals surface area contributed by atoms with Crippen LogP contribution in [-0.2, 0) is 4.74 Å². The van der Waals surface area contributed by atoms with E-state index in [1.807, 2.05) is 30.3 Å². The van der Waals surface area contributed by atoms with E-state index >= 15 is 0 Å². The van der Waals surface area contributed by atoms with Crippen LogP contribution >= 0.6 is 11.8 Å². The predicted molar refractivity (Wildman–Crippen MR) is 76.8 cm³/mol. The Hall–Kier alpha value is -1.26. The maximum atomic E-state index is 12.1. The molecule has 2 atom stereocenters. The molecule has 1 aliphatic heterocycles. The van der Waals surface area contributed by atoms with Crippen LogP contribution in [0, 0.1) is 0 Å². The third kappa shape index (κ3) is 2.69. The maximum Gasteiger partial charge on any atom is 0.207 e. The number of rotatable bonds is 4. The molecule has 4 heteroatoms. The number of Topliss-reactive ketones (excluding diaryl/α,β-unsaturated/α-hetero) is 1. The summed E-state index contributed by atoms with van der Waals surface area (Å²) in [5.74, 6) is 0.971. The largest absolute Gasteiger partial charge is 0.453 e. The summed E-state index contributed by atoms with van der Waals surface area (Å²) in [6.07, 6.45) is 1.27. The van der Waals surface area contributed by atoms with Gasteiger partial charge in [-0.1, -0.05) is 18.2 Å². The Morgan fingerprint density at radius 1 is 1.42 bits per heavy atom. The SMILES string of the molecule is CC1OCCC1SCC(=O)c1cc2ccccc2o1. The molecule has 1 saturated heterocycles. The molecule has 1 fully saturated rings. The molecule has 2 unspecified atom stereocenters. The quantitative estimate of drug-likeness (QED) is 0.801. The lowest BCUT2D eigenvalue weighted by molar-refractivity contribution is 0.0994. The summed E-state index contributed by atoms with van der Waals surface area (Å²) in [5.41, 5.74) is 0.772. The molecule has 2 aromatic rings. The summed E-state index contributed by atoms with van der Waals surface area (Å²) in [6.45, 7) is 2.87. The Labute approximate surface area is 116 Å². The second kappa shape index (κ2) is 5.39. The van der Waals surface area contributed by atoms with E-state index in [0.717, 1.165) is 24.0 Å². The molecule has 0 amide bonds. The van der Waals surface area contributed by atoms with Crippen LogP contribution < -0.4 is 0 Å². The van der Waals surface area contributed by atoms with Crippen LogP contribution in [0.4, 0.5) is 0 Å². The first-order chi connectivity index (χ1) is 9.24. The van der Waals surface area contributed by atoms with Gasteiger partial charge in [0.15, 0.2) is 5.76 Å². The molecule has 1 aliphatic rings. The molecule has 2 heterocycles. The fraction of sp³-hybridized carbons (Fsp3) is 0.400. The van der Waals surface area contributed by atoms with Gasteiger partial charge in [-0.15, -0.1) is 11.8 Å². The standard InChI is InChI=1S/C15H16O3S/c1-10-15(6-7-17-10)19-9-12(16)14-8-11-4-2-3-5-13(11)18-14/h2-5,8,10,15H,6-7,9H2,1H3. The fourth-order valence-electron chi connectivity index (χ4n) is 2.30. The summed E-state index contributed by atoms with van der Waals surface area (Å²) in [4.78, 5) is 12.1. The summed E-state index contributed by atoms with van der Waals surface area (Å²) in [5, 5.41) is 1.40. The van der Waals surface area contributed by atoms with Gasteiger partial charge in [0.25, 0.3) is 0 Å². The summed E-state index contributed by atoms with van der Waals surface area (Å²) in [7, 11) is 0. The van der Waals surface area contributed by atoms with Gasteiger partial charge in [0, 0.05) is 17.2 Å². The molecule has 0 radical (unpaired) electrons. The Morgan fingerprint density at radius 3 is 3.00 bits per heavy atom. The van der Waals surface area contributed by atoms with Crippen molar-refractivity contribution in [1.82, 2.24) is 0 Å². The molecular formula is C15H16O3S. The summed E-state index contributed by atoms with van der Waals surface area (Å²) in [6, 6.07) is 9.51. The molecule has 0 spiro atoms. The third-order valence-electron chi connectivity index (χ3n) is 3.44. The average molecular weight is 276 g/mol. The van der Waals surface area contributed by atoms with Gasteiger partial charge >= 0.3 is 0 Å². The Bertz CT molecular complexity index is 557. The van der Waals surface area contributed by atoms with Crippen LogP contribution in [0.1, 0.15) is 23.9 Å². The number of para-hydroxylation sites is 1. The number of ketones is 1. The highest BCUT2D eigenvalue weighted by atomic mass is 32.2. The van der Waals surface area contributed by atoms with E-state index in [1.165, 1.54) is 0 Å². The number of hydrogen-bond donors (Lipinski definition) is 0. The number of hydrogen-bond acceptors (Lipinski definition) is 4. The van der Waals surface area contributed by atoms with Crippen molar-refractivity contribution in [1.29, 1.82) is 0 Å². The minimum atomic E-state index is 0.0558. The highest BCUT2D eigenvalue weighted by Gasteiger charge is 2.25. The van der Waals surface area contributed by atoms with Gasteiger partial charge in [0.2, 0.25) is 5.78 Å². The van der Waals surface area contributed by atoms with Crippen molar-refractivity contribution in [3.8, 4) is 0 Å². The van der Waals surface area contributed by atoms with Crippen molar-refractivity contribution in [3.05, 3.63) is 36.1 Å². The smallest absolute Gasteiger partial charge is 0.207 e. The average Bonchev–Trinajstić information content (AvgIpc) is 3.01. The van der Waals surface area contributed by atoms with Crippen LogP contribution in [0.2, 0.25) is 0 Å². The lowest BCUT2D eigenvalue weighted by Crippen LogP contribution is -2.16. The number of carbonyl (C=O) groups excluding carboxylic acids is 1. The molecule has 100 valence electrons. The fourth-order valence-corrected chi connectivity index (χ4v) is 3.42. The first-order valence-electron chi connectivity index (χ1n) is 6.49. The van der Waals surface area contributed by atoms with E-state index in [-0.39, 0.29) is 11.9 Å². The van der Waals surface area contributed by atoms with Crippen LogP contribution in [0.3, 0.4) is 0 Å². The molecule has 1 aromatic carbocycles. The zero-order valence-electron chi connectivity index (χ0n) is 10.8. The number of carbonyl (C=O) groups is 1. The van der Waals surface area contributed by atoms with Crippen molar-refractivity contribution in [2.24, 2.45) is 0 Å². The summed E-state index contributed by atoms with van der Waals surface area (Å²) < 4.78 is 11.1. The van der Waals surface area contributed by atoms with Crippen molar-refractivity contribution in [3.63, 3.8) is 0 Å². The molecule has 0 aliphatic carbocycles. The molecule has 0 bridgehead atoms. The number of furan rings is 1. The minimum Gasteiger partial charge on any atom is -0.453 e. The van der Waals surface area contributed by atoms with E-state index in [4.69, 9.17) is 9.15 Å². The van der Waals surface area contributed by atoms with Gasteiger partial charge in [-0.2, -0.15) is 0 Å². The monoisotopic (exact) mass is 276 g/mol. The van der Waals surface area contributed by atoms with Crippen molar-refractivity contribution >= 4 is 28.5 Å². The van der Waals surface area contributed by atoms with Crippen molar-refractivity contribution in [2.75, 3.05) is 12.4 Å². The minimum absolute atomic E-state index is 0.0558. The van der Waals surface area contributed by atoms with Crippen molar-refractivity contribution < 1.29 is 13.9 Å². The van der Waals surface area contributed by atoms with Gasteiger partial charge in [-0.05, 0) is 25.5 Å². The number of fused-ring (bicyclic) bond motifs is 1. The van der Waals surface area contributed by atoms with E-state index in [9.17, 15) is 4.79 Å². The van der Waals surface area contributed by atoms with Gasteiger partial charge in [-0.25, -0.2) is 0 Å². The van der Waals surface area contributed by atoms with Crippen LogP contribution in [0.25, 0.3) is 11.0 Å². The van der Waals surface area contributed by atoms with Crippen LogP contribution in [0.5, 0.6) is 0 Å². The Kier molecular flexibility index (Phi) is 3.62. The second-order valence-corrected chi connectivity index (χ2v) is 6.01. The van der Waals surface area contributed by atoms with Crippen molar-refractivity contribution in [2.45, 2.75) is 24.7 Å². The third-order valence-corrected chi connectivity index (χ3v) is 4.91. The molecule has 0 N–H and O–H groups in total. The lowest BCUT2D eigenvalue weighted by Gasteiger charge is -2.11. The predicted octanol–water partition coefficient (Wildman–Crippen LogP) is 3.53.